The first-order chi connectivity index (χ1) is 11.9. The number of nitrogens with zero attached hydrogens (tertiary/aromatic N) is 2. The van der Waals surface area contributed by atoms with Crippen LogP contribution in [0.2, 0.25) is 0 Å². The van der Waals surface area contributed by atoms with Gasteiger partial charge in [0.25, 0.3) is 11.8 Å². The Balaban J connectivity index is 1.89. The van der Waals surface area contributed by atoms with Gasteiger partial charge >= 0.3 is 0 Å². The fourth-order valence-corrected chi connectivity index (χ4v) is 2.00. The van der Waals surface area contributed by atoms with E-state index in [0.717, 1.165) is 0 Å². The van der Waals surface area contributed by atoms with Crippen LogP contribution < -0.4 is 16.4 Å². The van der Waals surface area contributed by atoms with E-state index in [0.29, 0.717) is 12.2 Å². The summed E-state index contributed by atoms with van der Waals surface area (Å²) in [5, 5.41) is 4.78. The number of nitrogens with two attached hydrogens (primary N) is 1. The fraction of sp³-hybridized carbons (Fsp3) is 0.312. The van der Waals surface area contributed by atoms with E-state index in [9.17, 15) is 18.4 Å². The van der Waals surface area contributed by atoms with E-state index in [2.05, 4.69) is 15.6 Å². The first-order valence-electron chi connectivity index (χ1n) is 7.61. The number of carbonyl (C=O) groups is 2. The lowest BCUT2D eigenvalue weighted by atomic mass is 10.1. The molecule has 2 amide bonds. The van der Waals surface area contributed by atoms with E-state index < -0.39 is 24.9 Å². The summed E-state index contributed by atoms with van der Waals surface area (Å²) in [5.41, 5.74) is 5.50. The van der Waals surface area contributed by atoms with Gasteiger partial charge in [-0.2, -0.15) is 0 Å². The molecule has 25 heavy (non-hydrogen) atoms. The number of aryl methyl sites for hydroxylation is 1. The topological polar surface area (TPSA) is 102 Å². The second-order valence-electron chi connectivity index (χ2n) is 5.42. The van der Waals surface area contributed by atoms with Gasteiger partial charge in [-0.1, -0.05) is 6.07 Å². The summed E-state index contributed by atoms with van der Waals surface area (Å²) in [4.78, 5) is 27.7. The lowest BCUT2D eigenvalue weighted by Gasteiger charge is -2.14. The molecular formula is C16H19F2N5O2. The molecule has 0 spiro atoms. The minimum Gasteiger partial charge on any atom is -0.346 e. The van der Waals surface area contributed by atoms with E-state index in [4.69, 9.17) is 5.73 Å². The smallest absolute Gasteiger partial charge is 0.277 e. The molecule has 0 saturated carbocycles. The molecule has 0 aliphatic heterocycles. The summed E-state index contributed by atoms with van der Waals surface area (Å²) >= 11 is 0. The van der Waals surface area contributed by atoms with Crippen LogP contribution in [0.1, 0.15) is 16.8 Å². The fourth-order valence-electron chi connectivity index (χ4n) is 2.00. The maximum Gasteiger partial charge on any atom is 0.277 e. The van der Waals surface area contributed by atoms with Crippen LogP contribution in [-0.4, -0.2) is 40.4 Å². The predicted octanol–water partition coefficient (Wildman–Crippen LogP) is 1.24. The average Bonchev–Trinajstić information content (AvgIpc) is 3.12. The summed E-state index contributed by atoms with van der Waals surface area (Å²) in [7, 11) is 0. The average molecular weight is 351 g/mol. The van der Waals surface area contributed by atoms with E-state index in [-0.39, 0.29) is 17.9 Å². The Morgan fingerprint density at radius 3 is 2.80 bits per heavy atom. The van der Waals surface area contributed by atoms with E-state index >= 15 is 0 Å². The molecule has 0 fully saturated rings. The zero-order valence-electron chi connectivity index (χ0n) is 13.4. The number of nitrogens with one attached hydrogen (secondary N) is 2. The Bertz CT molecular complexity index is 719. The van der Waals surface area contributed by atoms with Gasteiger partial charge < -0.3 is 20.9 Å². The number of amides is 2. The Morgan fingerprint density at radius 2 is 2.12 bits per heavy atom. The van der Waals surface area contributed by atoms with E-state index in [1.54, 1.807) is 35.4 Å². The molecule has 1 heterocycles. The number of hydrogen-bond acceptors (Lipinski definition) is 4. The normalized spacial score (nSPS) is 11.2. The van der Waals surface area contributed by atoms with Crippen molar-refractivity contribution in [2.45, 2.75) is 18.9 Å². The monoisotopic (exact) mass is 351 g/mol. The van der Waals surface area contributed by atoms with Gasteiger partial charge in [-0.3, -0.25) is 9.59 Å². The van der Waals surface area contributed by atoms with Gasteiger partial charge in [0.05, 0.1) is 19.4 Å². The molecule has 2 aromatic rings. The Morgan fingerprint density at radius 1 is 1.32 bits per heavy atom. The van der Waals surface area contributed by atoms with Gasteiger partial charge in [0.2, 0.25) is 5.91 Å². The number of alkyl halides is 2. The van der Waals surface area contributed by atoms with Crippen molar-refractivity contribution in [3.8, 4) is 0 Å². The van der Waals surface area contributed by atoms with E-state index in [1.165, 1.54) is 12.1 Å². The third-order valence-corrected chi connectivity index (χ3v) is 3.37. The molecule has 1 aromatic carbocycles. The van der Waals surface area contributed by atoms with Gasteiger partial charge in [0.15, 0.2) is 0 Å². The first kappa shape index (κ1) is 18.5. The molecule has 0 aliphatic carbocycles. The zero-order valence-corrected chi connectivity index (χ0v) is 13.4. The number of hydrogen-bond donors (Lipinski definition) is 3. The highest BCUT2D eigenvalue weighted by Crippen LogP contribution is 2.13. The van der Waals surface area contributed by atoms with Crippen LogP contribution >= 0.6 is 0 Å². The summed E-state index contributed by atoms with van der Waals surface area (Å²) in [6.07, 6.45) is 5.20. The van der Waals surface area contributed by atoms with Gasteiger partial charge in [0, 0.05) is 36.6 Å². The number of benzene rings is 1. The SMILES string of the molecule is NCC(F)(F)CNC(=O)c1cccc(NC(=O)CCn2ccnc2)c1. The highest BCUT2D eigenvalue weighted by atomic mass is 19.3. The molecule has 0 atom stereocenters. The van der Waals surface area contributed by atoms with Gasteiger partial charge in [0.1, 0.15) is 0 Å². The van der Waals surface area contributed by atoms with Crippen molar-refractivity contribution in [3.63, 3.8) is 0 Å². The minimum atomic E-state index is -3.16. The highest BCUT2D eigenvalue weighted by molar-refractivity contribution is 5.97. The number of anilines is 1. The summed E-state index contributed by atoms with van der Waals surface area (Å²) in [6, 6.07) is 6.06. The molecule has 7 nitrogen and oxygen atoms in total. The molecular weight excluding hydrogens is 332 g/mol. The maximum absolute atomic E-state index is 13.1. The lowest BCUT2D eigenvalue weighted by molar-refractivity contribution is -0.116. The van der Waals surface area contributed by atoms with Crippen LogP contribution in [0.15, 0.2) is 43.0 Å². The second kappa shape index (κ2) is 8.34. The molecule has 0 saturated heterocycles. The second-order valence-corrected chi connectivity index (χ2v) is 5.42. The number of carbonyl (C=O) groups excluding carboxylic acids is 2. The summed E-state index contributed by atoms with van der Waals surface area (Å²) < 4.78 is 27.9. The lowest BCUT2D eigenvalue weighted by Crippen LogP contribution is -2.41. The Labute approximate surface area is 143 Å². The van der Waals surface area contributed by atoms with Crippen molar-refractivity contribution in [3.05, 3.63) is 48.5 Å². The van der Waals surface area contributed by atoms with Gasteiger partial charge in [-0.15, -0.1) is 0 Å². The number of rotatable bonds is 8. The minimum absolute atomic E-state index is 0.167. The summed E-state index contributed by atoms with van der Waals surface area (Å²) in [5.74, 6) is -4.06. The Hall–Kier alpha value is -2.81. The third-order valence-electron chi connectivity index (χ3n) is 3.37. The van der Waals surface area contributed by atoms with Crippen LogP contribution in [0.25, 0.3) is 0 Å². The van der Waals surface area contributed by atoms with Crippen LogP contribution in [0.4, 0.5) is 14.5 Å². The number of halogens is 2. The van der Waals surface area contributed by atoms with Crippen molar-refractivity contribution >= 4 is 17.5 Å². The molecule has 1 aromatic heterocycles. The third kappa shape index (κ3) is 5.96. The van der Waals surface area contributed by atoms with Crippen molar-refractivity contribution in [1.82, 2.24) is 14.9 Å². The van der Waals surface area contributed by atoms with Crippen molar-refractivity contribution in [1.29, 1.82) is 0 Å². The van der Waals surface area contributed by atoms with E-state index in [1.807, 2.05) is 0 Å². The van der Waals surface area contributed by atoms with Gasteiger partial charge in [-0.05, 0) is 18.2 Å². The summed E-state index contributed by atoms with van der Waals surface area (Å²) in [6.45, 7) is -1.22. The van der Waals surface area contributed by atoms with Crippen LogP contribution in [0.3, 0.4) is 0 Å². The molecule has 2 rings (SSSR count). The molecule has 9 heteroatoms. The Kier molecular flexibility index (Phi) is 6.18. The van der Waals surface area contributed by atoms with Crippen LogP contribution in [0.5, 0.6) is 0 Å². The van der Waals surface area contributed by atoms with Crippen LogP contribution in [0, 0.1) is 0 Å². The molecule has 4 N–H and O–H groups in total. The standard InChI is InChI=1S/C16H19F2N5O2/c17-16(18,9-19)10-21-15(25)12-2-1-3-13(8-12)22-14(24)4-6-23-7-5-20-11-23/h1-3,5,7-8,11H,4,6,9-10,19H2,(H,21,25)(H,22,24). The number of imidazole rings is 1. The number of aromatic nitrogens is 2. The molecule has 0 aliphatic rings. The molecule has 0 radical (unpaired) electrons. The molecule has 0 unspecified atom stereocenters. The quantitative estimate of drug-likeness (QED) is 0.666. The maximum atomic E-state index is 13.1. The van der Waals surface area contributed by atoms with Crippen LogP contribution in [-0.2, 0) is 11.3 Å². The van der Waals surface area contributed by atoms with Crippen molar-refractivity contribution in [2.24, 2.45) is 5.73 Å². The predicted molar refractivity (Wildman–Crippen MR) is 88.3 cm³/mol. The van der Waals surface area contributed by atoms with Crippen molar-refractivity contribution < 1.29 is 18.4 Å². The largest absolute Gasteiger partial charge is 0.346 e. The first-order valence-corrected chi connectivity index (χ1v) is 7.61. The molecule has 134 valence electrons. The highest BCUT2D eigenvalue weighted by Gasteiger charge is 2.27. The van der Waals surface area contributed by atoms with Crippen molar-refractivity contribution in [2.75, 3.05) is 18.4 Å². The zero-order chi connectivity index (χ0) is 18.3. The van der Waals surface area contributed by atoms with Gasteiger partial charge in [-0.25, -0.2) is 13.8 Å². The molecule has 0 bridgehead atoms.